The second-order valence-electron chi connectivity index (χ2n) is 2.93. The van der Waals surface area contributed by atoms with Gasteiger partial charge in [-0.25, -0.2) is 0 Å². The molecule has 2 nitrogen and oxygen atoms in total. The molecule has 0 spiro atoms. The number of carbonyl (C=O) groups is 1. The Balaban J connectivity index is 2.88. The van der Waals surface area contributed by atoms with Gasteiger partial charge in [-0.05, 0) is 20.8 Å². The van der Waals surface area contributed by atoms with Crippen LogP contribution in [0, 0.1) is 0 Å². The molecule has 1 amide bonds. The normalized spacial score (nSPS) is 23.0. The third-order valence-corrected chi connectivity index (χ3v) is 3.19. The number of thiocarbonyl (C=S) groups is 1. The second-order valence-corrected chi connectivity index (χ2v) is 5.18. The van der Waals surface area contributed by atoms with Crippen LogP contribution >= 0.6 is 24.0 Å². The zero-order chi connectivity index (χ0) is 8.65. The van der Waals surface area contributed by atoms with E-state index in [4.69, 9.17) is 12.2 Å². The highest BCUT2D eigenvalue weighted by Gasteiger charge is 2.42. The van der Waals surface area contributed by atoms with Gasteiger partial charge < -0.3 is 0 Å². The van der Waals surface area contributed by atoms with Crippen LogP contribution in [0.25, 0.3) is 0 Å². The third kappa shape index (κ3) is 1.42. The van der Waals surface area contributed by atoms with Crippen molar-refractivity contribution in [3.63, 3.8) is 0 Å². The van der Waals surface area contributed by atoms with Crippen LogP contribution in [0.1, 0.15) is 20.8 Å². The van der Waals surface area contributed by atoms with Crippen LogP contribution in [-0.2, 0) is 4.79 Å². The lowest BCUT2D eigenvalue weighted by Crippen LogP contribution is -2.35. The molecule has 0 N–H and O–H groups in total. The van der Waals surface area contributed by atoms with Crippen LogP contribution in [-0.4, -0.2) is 26.4 Å². The summed E-state index contributed by atoms with van der Waals surface area (Å²) in [6.45, 7) is 6.43. The van der Waals surface area contributed by atoms with Crippen LogP contribution in [0.4, 0.5) is 0 Å². The Labute approximate surface area is 76.3 Å². The second kappa shape index (κ2) is 2.75. The molecule has 62 valence electrons. The largest absolute Gasteiger partial charge is 0.297 e. The molecule has 4 heteroatoms. The number of carbonyl (C=O) groups excluding carboxylic acids is 1. The molecule has 0 aliphatic carbocycles. The maximum Gasteiger partial charge on any atom is 0.244 e. The van der Waals surface area contributed by atoms with Crippen LogP contribution < -0.4 is 0 Å². The number of rotatable bonds is 1. The van der Waals surface area contributed by atoms with Crippen LogP contribution in [0.2, 0.25) is 0 Å². The van der Waals surface area contributed by atoms with Gasteiger partial charge in [-0.1, -0.05) is 24.0 Å². The summed E-state index contributed by atoms with van der Waals surface area (Å²) >= 11 is 6.51. The van der Waals surface area contributed by atoms with E-state index in [0.717, 1.165) is 0 Å². The number of hydrogen-bond acceptors (Lipinski definition) is 3. The maximum atomic E-state index is 11.5. The summed E-state index contributed by atoms with van der Waals surface area (Å²) < 4.78 is 0.370. The Kier molecular flexibility index (Phi) is 2.25. The Morgan fingerprint density at radius 1 is 1.64 bits per heavy atom. The lowest BCUT2D eigenvalue weighted by Gasteiger charge is -2.14. The average Bonchev–Trinajstić information content (AvgIpc) is 2.04. The quantitative estimate of drug-likeness (QED) is 0.585. The van der Waals surface area contributed by atoms with E-state index in [1.165, 1.54) is 11.8 Å². The molecule has 0 aromatic rings. The summed E-state index contributed by atoms with van der Waals surface area (Å²) in [5.74, 6) is 0.134. The van der Waals surface area contributed by atoms with E-state index in [1.54, 1.807) is 4.90 Å². The van der Waals surface area contributed by atoms with Gasteiger partial charge in [-0.2, -0.15) is 0 Å². The Hall–Kier alpha value is -0.0900. The Bertz CT molecular complexity index is 212. The zero-order valence-corrected chi connectivity index (χ0v) is 8.51. The summed E-state index contributed by atoms with van der Waals surface area (Å²) in [6, 6.07) is 0. The van der Waals surface area contributed by atoms with Crippen molar-refractivity contribution in [3.05, 3.63) is 0 Å². The van der Waals surface area contributed by atoms with Crippen LogP contribution in [0.3, 0.4) is 0 Å². The van der Waals surface area contributed by atoms with Crippen molar-refractivity contribution in [3.8, 4) is 0 Å². The van der Waals surface area contributed by atoms with Crippen LogP contribution in [0.5, 0.6) is 0 Å². The van der Waals surface area contributed by atoms with Gasteiger partial charge in [0.1, 0.15) is 4.32 Å². The van der Waals surface area contributed by atoms with Crippen LogP contribution in [0.15, 0.2) is 0 Å². The lowest BCUT2D eigenvalue weighted by atomic mass is 10.2. The predicted molar refractivity (Wildman–Crippen MR) is 51.7 cm³/mol. The van der Waals surface area contributed by atoms with Crippen molar-refractivity contribution >= 4 is 34.2 Å². The van der Waals surface area contributed by atoms with E-state index < -0.39 is 0 Å². The number of amides is 1. The third-order valence-electron chi connectivity index (χ3n) is 1.64. The van der Waals surface area contributed by atoms with Crippen molar-refractivity contribution in [2.45, 2.75) is 25.5 Å². The molecule has 1 saturated heterocycles. The first-order valence-corrected chi connectivity index (χ1v) is 4.76. The van der Waals surface area contributed by atoms with Crippen molar-refractivity contribution in [2.75, 3.05) is 6.54 Å². The van der Waals surface area contributed by atoms with Gasteiger partial charge in [0.15, 0.2) is 0 Å². The molecular formula is C7H11NOS2. The number of thioether (sulfide) groups is 1. The first kappa shape index (κ1) is 9.00. The van der Waals surface area contributed by atoms with E-state index in [-0.39, 0.29) is 10.7 Å². The van der Waals surface area contributed by atoms with Gasteiger partial charge in [-0.3, -0.25) is 9.69 Å². The summed E-state index contributed by atoms with van der Waals surface area (Å²) in [6.07, 6.45) is 0. The number of nitrogens with zero attached hydrogens (tertiary/aromatic N) is 1. The van der Waals surface area contributed by atoms with Crippen molar-refractivity contribution < 1.29 is 4.79 Å². The van der Waals surface area contributed by atoms with E-state index >= 15 is 0 Å². The van der Waals surface area contributed by atoms with Gasteiger partial charge >= 0.3 is 0 Å². The van der Waals surface area contributed by atoms with Crippen molar-refractivity contribution in [1.29, 1.82) is 0 Å². The van der Waals surface area contributed by atoms with E-state index in [1.807, 2.05) is 20.8 Å². The summed E-state index contributed by atoms with van der Waals surface area (Å²) in [5.41, 5.74) is 0. The highest BCUT2D eigenvalue weighted by molar-refractivity contribution is 8.24. The molecular weight excluding hydrogens is 178 g/mol. The minimum Gasteiger partial charge on any atom is -0.297 e. The molecule has 1 rings (SSSR count). The first-order valence-electron chi connectivity index (χ1n) is 3.54. The lowest BCUT2D eigenvalue weighted by molar-refractivity contribution is -0.128. The molecule has 1 aliphatic rings. The van der Waals surface area contributed by atoms with Crippen molar-refractivity contribution in [2.24, 2.45) is 0 Å². The highest BCUT2D eigenvalue weighted by Crippen LogP contribution is 2.36. The molecule has 0 unspecified atom stereocenters. The minimum atomic E-state index is -0.340. The molecule has 0 aromatic heterocycles. The fourth-order valence-corrected chi connectivity index (χ4v) is 2.79. The van der Waals surface area contributed by atoms with Gasteiger partial charge in [0.25, 0.3) is 0 Å². The van der Waals surface area contributed by atoms with Crippen molar-refractivity contribution in [1.82, 2.24) is 4.90 Å². The smallest absolute Gasteiger partial charge is 0.244 e. The SMILES string of the molecule is CCN1C(=O)C(C)(C)SC1=S. The summed E-state index contributed by atoms with van der Waals surface area (Å²) in [4.78, 5) is 13.1. The predicted octanol–water partition coefficient (Wildman–Crippen LogP) is 1.65. The summed E-state index contributed by atoms with van der Waals surface area (Å²) in [5, 5.41) is 0. The minimum absolute atomic E-state index is 0.134. The van der Waals surface area contributed by atoms with E-state index in [0.29, 0.717) is 10.9 Å². The molecule has 0 saturated carbocycles. The topological polar surface area (TPSA) is 20.3 Å². The Morgan fingerprint density at radius 3 is 2.36 bits per heavy atom. The molecule has 0 bridgehead atoms. The van der Waals surface area contributed by atoms with Gasteiger partial charge in [0.05, 0.1) is 4.75 Å². The fourth-order valence-electron chi connectivity index (χ4n) is 0.998. The van der Waals surface area contributed by atoms with Gasteiger partial charge in [0, 0.05) is 6.54 Å². The highest BCUT2D eigenvalue weighted by atomic mass is 32.2. The average molecular weight is 189 g/mol. The molecule has 1 aliphatic heterocycles. The molecule has 0 atom stereocenters. The van der Waals surface area contributed by atoms with Gasteiger partial charge in [0.2, 0.25) is 5.91 Å². The monoisotopic (exact) mass is 189 g/mol. The van der Waals surface area contributed by atoms with E-state index in [9.17, 15) is 4.79 Å². The number of hydrogen-bond donors (Lipinski definition) is 0. The first-order chi connectivity index (χ1) is 4.99. The molecule has 0 aromatic carbocycles. The van der Waals surface area contributed by atoms with Gasteiger partial charge in [-0.15, -0.1) is 0 Å². The van der Waals surface area contributed by atoms with E-state index in [2.05, 4.69) is 0 Å². The molecule has 0 radical (unpaired) electrons. The fraction of sp³-hybridized carbons (Fsp3) is 0.714. The molecule has 1 heterocycles. The standard InChI is InChI=1S/C7H11NOS2/c1-4-8-5(9)7(2,3)11-6(8)10/h4H2,1-3H3. The Morgan fingerprint density at radius 2 is 2.18 bits per heavy atom. The molecule has 1 fully saturated rings. The maximum absolute atomic E-state index is 11.5. The summed E-state index contributed by atoms with van der Waals surface area (Å²) in [7, 11) is 0. The molecule has 11 heavy (non-hydrogen) atoms. The zero-order valence-electron chi connectivity index (χ0n) is 6.88.